The van der Waals surface area contributed by atoms with E-state index in [9.17, 15) is 13.2 Å². The highest BCUT2D eigenvalue weighted by Gasteiger charge is 2.27. The van der Waals surface area contributed by atoms with Gasteiger partial charge < -0.3 is 15.0 Å². The van der Waals surface area contributed by atoms with E-state index in [4.69, 9.17) is 0 Å². The third-order valence-corrected chi connectivity index (χ3v) is 3.62. The first kappa shape index (κ1) is 18.7. The number of ether oxygens (including phenoxy) is 1. The van der Waals surface area contributed by atoms with Crippen molar-refractivity contribution in [3.63, 3.8) is 0 Å². The molecule has 6 heteroatoms. The molecule has 21 heavy (non-hydrogen) atoms. The number of nitrogens with zero attached hydrogens (tertiary/aromatic N) is 1. The first-order valence-electron chi connectivity index (χ1n) is 7.94. The molecule has 1 aliphatic heterocycles. The minimum absolute atomic E-state index is 0.187. The van der Waals surface area contributed by atoms with Gasteiger partial charge in [0.2, 0.25) is 0 Å². The maximum Gasteiger partial charge on any atom is 0.411 e. The van der Waals surface area contributed by atoms with Crippen LogP contribution in [-0.2, 0) is 4.74 Å². The van der Waals surface area contributed by atoms with E-state index in [1.54, 1.807) is 0 Å². The summed E-state index contributed by atoms with van der Waals surface area (Å²) in [6, 6.07) is 0. The summed E-state index contributed by atoms with van der Waals surface area (Å²) in [5.74, 6) is 1.32. The van der Waals surface area contributed by atoms with E-state index in [0.717, 1.165) is 32.7 Å². The predicted molar refractivity (Wildman–Crippen MR) is 78.4 cm³/mol. The van der Waals surface area contributed by atoms with Crippen LogP contribution < -0.4 is 5.32 Å². The summed E-state index contributed by atoms with van der Waals surface area (Å²) in [7, 11) is 0. The van der Waals surface area contributed by atoms with Crippen LogP contribution in [0, 0.1) is 11.8 Å². The van der Waals surface area contributed by atoms with Gasteiger partial charge in [0.1, 0.15) is 6.61 Å². The Balaban J connectivity index is 2.07. The molecule has 0 radical (unpaired) electrons. The van der Waals surface area contributed by atoms with Crippen molar-refractivity contribution in [3.8, 4) is 0 Å². The van der Waals surface area contributed by atoms with Crippen LogP contribution in [0.3, 0.4) is 0 Å². The standard InChI is InChI=1S/C15H29F3N2O/c1-13(2)9-19-10-14-5-3-6-20(11-14)7-4-8-21-12-15(16,17)18/h13-14,19H,3-12H2,1-2H3. The van der Waals surface area contributed by atoms with E-state index in [2.05, 4.69) is 28.8 Å². The molecule has 0 amide bonds. The molecule has 1 fully saturated rings. The molecular weight excluding hydrogens is 281 g/mol. The van der Waals surface area contributed by atoms with Gasteiger partial charge in [0.15, 0.2) is 0 Å². The van der Waals surface area contributed by atoms with E-state index in [1.165, 1.54) is 12.8 Å². The maximum absolute atomic E-state index is 11.9. The molecule has 1 rings (SSSR count). The molecule has 0 spiro atoms. The fourth-order valence-corrected chi connectivity index (χ4v) is 2.68. The summed E-state index contributed by atoms with van der Waals surface area (Å²) in [5, 5.41) is 3.49. The quantitative estimate of drug-likeness (QED) is 0.663. The van der Waals surface area contributed by atoms with Crippen molar-refractivity contribution in [2.24, 2.45) is 11.8 Å². The molecule has 0 aromatic rings. The number of likely N-dealkylation sites (tertiary alicyclic amines) is 1. The number of rotatable bonds is 9. The monoisotopic (exact) mass is 310 g/mol. The number of nitrogens with one attached hydrogen (secondary N) is 1. The number of alkyl halides is 3. The Morgan fingerprint density at radius 1 is 1.33 bits per heavy atom. The molecule has 1 unspecified atom stereocenters. The molecule has 0 saturated carbocycles. The van der Waals surface area contributed by atoms with Crippen molar-refractivity contribution in [3.05, 3.63) is 0 Å². The Morgan fingerprint density at radius 3 is 2.76 bits per heavy atom. The maximum atomic E-state index is 11.9. The molecule has 3 nitrogen and oxygen atoms in total. The van der Waals surface area contributed by atoms with Gasteiger partial charge in [-0.25, -0.2) is 0 Å². The van der Waals surface area contributed by atoms with Crippen LogP contribution in [0.2, 0.25) is 0 Å². The van der Waals surface area contributed by atoms with Gasteiger partial charge >= 0.3 is 6.18 Å². The Hall–Kier alpha value is -0.330. The van der Waals surface area contributed by atoms with Crippen LogP contribution in [-0.4, -0.2) is 57.0 Å². The van der Waals surface area contributed by atoms with Crippen LogP contribution in [0.25, 0.3) is 0 Å². The van der Waals surface area contributed by atoms with Gasteiger partial charge in [-0.3, -0.25) is 0 Å². The summed E-state index contributed by atoms with van der Waals surface area (Å²) in [4.78, 5) is 2.35. The number of halogens is 3. The molecule has 1 aliphatic rings. The molecule has 1 saturated heterocycles. The second-order valence-electron chi connectivity index (χ2n) is 6.38. The van der Waals surface area contributed by atoms with Gasteiger partial charge in [-0.1, -0.05) is 13.8 Å². The fourth-order valence-electron chi connectivity index (χ4n) is 2.68. The molecule has 1 N–H and O–H groups in total. The van der Waals surface area contributed by atoms with Crippen LogP contribution in [0.5, 0.6) is 0 Å². The Kier molecular flexibility index (Phi) is 8.59. The summed E-state index contributed by atoms with van der Waals surface area (Å²) in [5.41, 5.74) is 0. The van der Waals surface area contributed by atoms with Crippen molar-refractivity contribution < 1.29 is 17.9 Å². The molecule has 0 aromatic heterocycles. The lowest BCUT2D eigenvalue weighted by atomic mass is 9.97. The van der Waals surface area contributed by atoms with Crippen LogP contribution in [0.4, 0.5) is 13.2 Å². The normalized spacial score (nSPS) is 21.1. The minimum atomic E-state index is -4.21. The smallest absolute Gasteiger partial charge is 0.372 e. The van der Waals surface area contributed by atoms with Crippen molar-refractivity contribution in [1.29, 1.82) is 0 Å². The second kappa shape index (κ2) is 9.64. The van der Waals surface area contributed by atoms with Crippen molar-refractivity contribution in [2.45, 2.75) is 39.3 Å². The average molecular weight is 310 g/mol. The first-order chi connectivity index (χ1) is 9.87. The Bertz CT molecular complexity index is 272. The van der Waals surface area contributed by atoms with Gasteiger partial charge in [-0.15, -0.1) is 0 Å². The van der Waals surface area contributed by atoms with E-state index < -0.39 is 12.8 Å². The summed E-state index contributed by atoms with van der Waals surface area (Å²) in [6.07, 6.45) is -1.12. The molecule has 1 atom stereocenters. The predicted octanol–water partition coefficient (Wildman–Crippen LogP) is 2.91. The zero-order valence-electron chi connectivity index (χ0n) is 13.2. The highest BCUT2D eigenvalue weighted by atomic mass is 19.4. The van der Waals surface area contributed by atoms with Crippen molar-refractivity contribution in [2.75, 3.05) is 45.9 Å². The van der Waals surface area contributed by atoms with E-state index in [1.807, 2.05) is 0 Å². The molecule has 0 aromatic carbocycles. The zero-order chi connectivity index (χ0) is 15.7. The van der Waals surface area contributed by atoms with Crippen LogP contribution >= 0.6 is 0 Å². The van der Waals surface area contributed by atoms with Gasteiger partial charge in [0.05, 0.1) is 0 Å². The lowest BCUT2D eigenvalue weighted by Gasteiger charge is -2.33. The highest BCUT2D eigenvalue weighted by Crippen LogP contribution is 2.17. The first-order valence-corrected chi connectivity index (χ1v) is 7.94. The Morgan fingerprint density at radius 2 is 2.10 bits per heavy atom. The van der Waals surface area contributed by atoms with Gasteiger partial charge in [-0.05, 0) is 50.7 Å². The van der Waals surface area contributed by atoms with E-state index >= 15 is 0 Å². The largest absolute Gasteiger partial charge is 0.411 e. The van der Waals surface area contributed by atoms with Crippen LogP contribution in [0.1, 0.15) is 33.1 Å². The lowest BCUT2D eigenvalue weighted by Crippen LogP contribution is -2.40. The Labute approximate surface area is 126 Å². The van der Waals surface area contributed by atoms with Crippen molar-refractivity contribution in [1.82, 2.24) is 10.2 Å². The van der Waals surface area contributed by atoms with E-state index in [-0.39, 0.29) is 6.61 Å². The average Bonchev–Trinajstić information content (AvgIpc) is 2.37. The highest BCUT2D eigenvalue weighted by molar-refractivity contribution is 4.74. The van der Waals surface area contributed by atoms with Gasteiger partial charge in [0.25, 0.3) is 0 Å². The lowest BCUT2D eigenvalue weighted by molar-refractivity contribution is -0.174. The zero-order valence-corrected chi connectivity index (χ0v) is 13.2. The number of piperidine rings is 1. The number of hydrogen-bond acceptors (Lipinski definition) is 3. The molecule has 126 valence electrons. The third-order valence-electron chi connectivity index (χ3n) is 3.62. The molecular formula is C15H29F3N2O. The molecule has 0 aliphatic carbocycles. The molecule has 0 bridgehead atoms. The molecule has 1 heterocycles. The van der Waals surface area contributed by atoms with Gasteiger partial charge in [-0.2, -0.15) is 13.2 Å². The van der Waals surface area contributed by atoms with Gasteiger partial charge in [0, 0.05) is 19.7 Å². The summed E-state index contributed by atoms with van der Waals surface area (Å²) < 4.78 is 40.4. The second-order valence-corrected chi connectivity index (χ2v) is 6.38. The fraction of sp³-hybridized carbons (Fsp3) is 1.00. The number of hydrogen-bond donors (Lipinski definition) is 1. The third kappa shape index (κ3) is 10.1. The SMILES string of the molecule is CC(C)CNCC1CCCN(CCCOCC(F)(F)F)C1. The summed E-state index contributed by atoms with van der Waals surface area (Å²) in [6.45, 7) is 8.47. The van der Waals surface area contributed by atoms with Crippen LogP contribution in [0.15, 0.2) is 0 Å². The van der Waals surface area contributed by atoms with E-state index in [0.29, 0.717) is 18.3 Å². The minimum Gasteiger partial charge on any atom is -0.372 e. The summed E-state index contributed by atoms with van der Waals surface area (Å²) >= 11 is 0. The van der Waals surface area contributed by atoms with Crippen molar-refractivity contribution >= 4 is 0 Å². The topological polar surface area (TPSA) is 24.5 Å².